The maximum atomic E-state index is 8.74. The van der Waals surface area contributed by atoms with Crippen LogP contribution in [-0.4, -0.2) is 55.4 Å². The Balaban J connectivity index is 0. The third-order valence-electron chi connectivity index (χ3n) is 0.771. The predicted octanol–water partition coefficient (Wildman–Crippen LogP) is -0.0304. The molecule has 0 aliphatic heterocycles. The van der Waals surface area contributed by atoms with E-state index in [1.54, 1.807) is 0 Å². The zero-order valence-electron chi connectivity index (χ0n) is 7.43. The Bertz CT molecular complexity index is 186. The number of rotatable bonds is 2. The molecule has 0 bridgehead atoms. The molecule has 0 aromatic heterocycles. The van der Waals surface area contributed by atoms with Crippen LogP contribution in [0.25, 0.3) is 0 Å². The average molecular weight is 218 g/mol. The minimum absolute atomic E-state index is 0.976. The summed E-state index contributed by atoms with van der Waals surface area (Å²) in [6.07, 6.45) is 0. The predicted molar refractivity (Wildman–Crippen MR) is 50.9 cm³/mol. The fourth-order valence-corrected chi connectivity index (χ4v) is 0.900. The minimum Gasteiger partial charge on any atom is -0.330 e. The number of hydrogen-bond acceptors (Lipinski definition) is 3. The fraction of sp³-hybridized carbons (Fsp3) is 1.00. The summed E-state index contributed by atoms with van der Waals surface area (Å²) in [5, 5.41) is 0. The summed E-state index contributed by atoms with van der Waals surface area (Å²) < 4.78 is 32.6. The first kappa shape index (κ1) is 14.7. The van der Waals surface area contributed by atoms with E-state index in [-0.39, 0.29) is 0 Å². The Kier molecular flexibility index (Phi) is 7.05. The van der Waals surface area contributed by atoms with E-state index in [2.05, 4.69) is 33.8 Å². The average Bonchev–Trinajstić information content (AvgIpc) is 1.54. The molecule has 0 radical (unpaired) electrons. The SMILES string of the molecule is C[N+](C)(C)CCS.O=S(=O)(O)O. The van der Waals surface area contributed by atoms with Crippen molar-refractivity contribution in [3.05, 3.63) is 0 Å². The molecular weight excluding hydrogens is 202 g/mol. The summed E-state index contributed by atoms with van der Waals surface area (Å²) in [7, 11) is 1.82. The van der Waals surface area contributed by atoms with Crippen LogP contribution in [0, 0.1) is 0 Å². The quantitative estimate of drug-likeness (QED) is 0.346. The second-order valence-electron chi connectivity index (χ2n) is 3.19. The monoisotopic (exact) mass is 218 g/mol. The molecule has 0 saturated heterocycles. The van der Waals surface area contributed by atoms with Crippen molar-refractivity contribution in [3.8, 4) is 0 Å². The van der Waals surface area contributed by atoms with Crippen molar-refractivity contribution in [1.29, 1.82) is 0 Å². The van der Waals surface area contributed by atoms with Crippen LogP contribution < -0.4 is 0 Å². The summed E-state index contributed by atoms with van der Waals surface area (Å²) >= 11 is 4.10. The molecule has 0 aromatic rings. The van der Waals surface area contributed by atoms with Gasteiger partial charge in [-0.15, -0.1) is 0 Å². The van der Waals surface area contributed by atoms with E-state index in [1.807, 2.05) is 0 Å². The van der Waals surface area contributed by atoms with E-state index in [9.17, 15) is 0 Å². The van der Waals surface area contributed by atoms with Gasteiger partial charge >= 0.3 is 10.4 Å². The van der Waals surface area contributed by atoms with Gasteiger partial charge in [-0.25, -0.2) is 0 Å². The van der Waals surface area contributed by atoms with Gasteiger partial charge in [0.15, 0.2) is 0 Å². The number of hydrogen-bond donors (Lipinski definition) is 3. The standard InChI is InChI=1S/C5H13NS.H2O4S/c1-6(2,3)4-5-7;1-5(2,3)4/h4-5H2,1-3H3;(H2,1,2,3,4)/p+1. The van der Waals surface area contributed by atoms with Crippen molar-refractivity contribution in [2.45, 2.75) is 0 Å². The summed E-state index contributed by atoms with van der Waals surface area (Å²) in [6, 6.07) is 0. The zero-order valence-corrected chi connectivity index (χ0v) is 9.14. The number of quaternary nitrogens is 1. The maximum absolute atomic E-state index is 8.74. The van der Waals surface area contributed by atoms with Crippen molar-refractivity contribution in [3.63, 3.8) is 0 Å². The van der Waals surface area contributed by atoms with E-state index in [0.29, 0.717) is 0 Å². The second-order valence-corrected chi connectivity index (χ2v) is 4.53. The van der Waals surface area contributed by atoms with Crippen LogP contribution >= 0.6 is 12.6 Å². The van der Waals surface area contributed by atoms with Gasteiger partial charge in [0.1, 0.15) is 0 Å². The van der Waals surface area contributed by atoms with Gasteiger partial charge in [0.2, 0.25) is 0 Å². The Labute approximate surface area is 79.0 Å². The molecule has 0 aromatic carbocycles. The lowest BCUT2D eigenvalue weighted by molar-refractivity contribution is -0.867. The Morgan fingerprint density at radius 2 is 1.50 bits per heavy atom. The fourth-order valence-electron chi connectivity index (χ4n) is 0.300. The highest BCUT2D eigenvalue weighted by Gasteiger charge is 2.01. The van der Waals surface area contributed by atoms with Crippen molar-refractivity contribution in [2.75, 3.05) is 33.4 Å². The van der Waals surface area contributed by atoms with Crippen LogP contribution in [0.1, 0.15) is 0 Å². The summed E-state index contributed by atoms with van der Waals surface area (Å²) in [6.45, 7) is 1.14. The van der Waals surface area contributed by atoms with Crippen LogP contribution in [0.2, 0.25) is 0 Å². The van der Waals surface area contributed by atoms with Gasteiger partial charge in [-0.3, -0.25) is 9.11 Å². The highest BCUT2D eigenvalue weighted by atomic mass is 32.3. The molecule has 0 unspecified atom stereocenters. The molecule has 0 rings (SSSR count). The van der Waals surface area contributed by atoms with Gasteiger partial charge in [0.05, 0.1) is 27.7 Å². The lowest BCUT2D eigenvalue weighted by Gasteiger charge is -2.22. The van der Waals surface area contributed by atoms with Crippen LogP contribution in [-0.2, 0) is 10.4 Å². The van der Waals surface area contributed by atoms with E-state index < -0.39 is 10.4 Å². The van der Waals surface area contributed by atoms with Crippen LogP contribution in [0.3, 0.4) is 0 Å². The number of nitrogens with zero attached hydrogens (tertiary/aromatic N) is 1. The van der Waals surface area contributed by atoms with Gasteiger partial charge in [0.25, 0.3) is 0 Å². The molecular formula is C5H16NO4S2+. The van der Waals surface area contributed by atoms with Gasteiger partial charge in [-0.1, -0.05) is 0 Å². The van der Waals surface area contributed by atoms with Crippen LogP contribution in [0.5, 0.6) is 0 Å². The summed E-state index contributed by atoms with van der Waals surface area (Å²) in [4.78, 5) is 0. The van der Waals surface area contributed by atoms with Gasteiger partial charge in [-0.2, -0.15) is 21.0 Å². The third kappa shape index (κ3) is 49.1. The van der Waals surface area contributed by atoms with E-state index in [1.165, 1.54) is 0 Å². The van der Waals surface area contributed by atoms with E-state index in [4.69, 9.17) is 17.5 Å². The highest BCUT2D eigenvalue weighted by Crippen LogP contribution is 1.88. The highest BCUT2D eigenvalue weighted by molar-refractivity contribution is 7.80. The molecule has 5 nitrogen and oxygen atoms in total. The first-order chi connectivity index (χ1) is 5.06. The molecule has 7 heteroatoms. The molecule has 12 heavy (non-hydrogen) atoms. The second kappa shape index (κ2) is 5.76. The zero-order chi connectivity index (χ0) is 10.4. The van der Waals surface area contributed by atoms with E-state index >= 15 is 0 Å². The summed E-state index contributed by atoms with van der Waals surface area (Å²) in [5.74, 6) is 0.976. The molecule has 0 saturated carbocycles. The first-order valence-electron chi connectivity index (χ1n) is 3.17. The molecule has 0 fully saturated rings. The van der Waals surface area contributed by atoms with Crippen molar-refractivity contribution >= 4 is 23.0 Å². The normalized spacial score (nSPS) is 11.8. The third-order valence-corrected chi connectivity index (χ3v) is 0.971. The maximum Gasteiger partial charge on any atom is 0.394 e. The molecule has 76 valence electrons. The molecule has 0 atom stereocenters. The molecule has 0 heterocycles. The van der Waals surface area contributed by atoms with Crippen molar-refractivity contribution in [1.82, 2.24) is 0 Å². The van der Waals surface area contributed by atoms with Crippen LogP contribution in [0.15, 0.2) is 0 Å². The molecule has 2 N–H and O–H groups in total. The van der Waals surface area contributed by atoms with Crippen LogP contribution in [0.4, 0.5) is 0 Å². The smallest absolute Gasteiger partial charge is 0.330 e. The Hall–Kier alpha value is 0.180. The van der Waals surface area contributed by atoms with Gasteiger partial charge in [0, 0.05) is 5.75 Å². The number of thiol groups is 1. The molecule has 0 amide bonds. The lowest BCUT2D eigenvalue weighted by atomic mass is 10.6. The van der Waals surface area contributed by atoms with E-state index in [0.717, 1.165) is 16.8 Å². The largest absolute Gasteiger partial charge is 0.394 e. The topological polar surface area (TPSA) is 74.6 Å². The first-order valence-corrected chi connectivity index (χ1v) is 5.20. The van der Waals surface area contributed by atoms with Gasteiger partial charge < -0.3 is 4.48 Å². The Morgan fingerprint density at radius 3 is 1.50 bits per heavy atom. The van der Waals surface area contributed by atoms with Crippen molar-refractivity contribution in [2.24, 2.45) is 0 Å². The molecule has 0 aliphatic rings. The molecule has 0 aliphatic carbocycles. The molecule has 0 spiro atoms. The summed E-state index contributed by atoms with van der Waals surface area (Å²) in [5.41, 5.74) is 0. The van der Waals surface area contributed by atoms with Crippen molar-refractivity contribution < 1.29 is 22.0 Å². The lowest BCUT2D eigenvalue weighted by Crippen LogP contribution is -2.36. The van der Waals surface area contributed by atoms with Gasteiger partial charge in [-0.05, 0) is 0 Å². The Morgan fingerprint density at radius 1 is 1.25 bits per heavy atom. The minimum atomic E-state index is -4.67.